The van der Waals surface area contributed by atoms with Gasteiger partial charge >= 0.3 is 5.97 Å². The molecule has 0 saturated carbocycles. The van der Waals surface area contributed by atoms with Gasteiger partial charge in [0.05, 0.1) is 6.61 Å². The van der Waals surface area contributed by atoms with Gasteiger partial charge in [-0.2, -0.15) is 0 Å². The third kappa shape index (κ3) is 5.21. The predicted molar refractivity (Wildman–Crippen MR) is 82.1 cm³/mol. The molecule has 0 heterocycles. The second-order valence-electron chi connectivity index (χ2n) is 5.74. The fourth-order valence-corrected chi connectivity index (χ4v) is 2.05. The Kier molecular flexibility index (Phi) is 6.40. The number of ether oxygens (including phenoxy) is 1. The molecule has 1 N–H and O–H groups in total. The van der Waals surface area contributed by atoms with E-state index >= 15 is 0 Å². The molecule has 0 atom stereocenters. The number of carbonyl (C=O) groups is 2. The van der Waals surface area contributed by atoms with Crippen LogP contribution in [0.4, 0.5) is 0 Å². The van der Waals surface area contributed by atoms with E-state index in [4.69, 9.17) is 9.84 Å². The molecular formula is C17H24O4. The molecule has 0 unspecified atom stereocenters. The summed E-state index contributed by atoms with van der Waals surface area (Å²) < 4.78 is 5.74. The van der Waals surface area contributed by atoms with Gasteiger partial charge in [0.2, 0.25) is 0 Å². The largest absolute Gasteiger partial charge is 0.493 e. The molecule has 0 amide bonds. The summed E-state index contributed by atoms with van der Waals surface area (Å²) >= 11 is 0. The predicted octanol–water partition coefficient (Wildman–Crippen LogP) is 3.78. The van der Waals surface area contributed by atoms with Gasteiger partial charge < -0.3 is 9.84 Å². The highest BCUT2D eigenvalue weighted by Crippen LogP contribution is 2.26. The Morgan fingerprint density at radius 1 is 1.14 bits per heavy atom. The molecule has 0 fully saturated rings. The van der Waals surface area contributed by atoms with E-state index in [9.17, 15) is 9.59 Å². The Morgan fingerprint density at radius 3 is 2.38 bits per heavy atom. The van der Waals surface area contributed by atoms with Crippen molar-refractivity contribution in [3.8, 4) is 5.75 Å². The lowest BCUT2D eigenvalue weighted by molar-refractivity contribution is -0.137. The second kappa shape index (κ2) is 7.81. The van der Waals surface area contributed by atoms with Crippen LogP contribution in [-0.4, -0.2) is 23.5 Å². The minimum atomic E-state index is -0.867. The molecule has 0 saturated heterocycles. The van der Waals surface area contributed by atoms with Crippen LogP contribution in [0.3, 0.4) is 0 Å². The minimum Gasteiger partial charge on any atom is -0.493 e. The van der Waals surface area contributed by atoms with Gasteiger partial charge in [0.15, 0.2) is 5.78 Å². The first kappa shape index (κ1) is 17.2. The quantitative estimate of drug-likeness (QED) is 0.741. The number of hydrogen-bond donors (Lipinski definition) is 1. The van der Waals surface area contributed by atoms with Gasteiger partial charge in [0, 0.05) is 18.4 Å². The van der Waals surface area contributed by atoms with Gasteiger partial charge in [-0.15, -0.1) is 0 Å². The second-order valence-corrected chi connectivity index (χ2v) is 5.74. The Balaban J connectivity index is 2.78. The van der Waals surface area contributed by atoms with E-state index in [1.165, 1.54) is 0 Å². The highest BCUT2D eigenvalue weighted by atomic mass is 16.5. The summed E-state index contributed by atoms with van der Waals surface area (Å²) in [5.41, 5.74) is 2.55. The van der Waals surface area contributed by atoms with Gasteiger partial charge in [-0.1, -0.05) is 13.8 Å². The molecule has 4 nitrogen and oxygen atoms in total. The van der Waals surface area contributed by atoms with E-state index < -0.39 is 5.97 Å². The summed E-state index contributed by atoms with van der Waals surface area (Å²) in [6.07, 6.45) is 0.663. The van der Waals surface area contributed by atoms with Crippen LogP contribution < -0.4 is 4.74 Å². The molecule has 0 aromatic heterocycles. The smallest absolute Gasteiger partial charge is 0.303 e. The first-order chi connectivity index (χ1) is 9.82. The molecule has 1 rings (SSSR count). The van der Waals surface area contributed by atoms with Crippen LogP contribution >= 0.6 is 0 Å². The van der Waals surface area contributed by atoms with Gasteiger partial charge in [-0.25, -0.2) is 0 Å². The minimum absolute atomic E-state index is 0.00717. The Bertz CT molecular complexity index is 518. The molecule has 116 valence electrons. The fraction of sp³-hybridized carbons (Fsp3) is 0.529. The van der Waals surface area contributed by atoms with Gasteiger partial charge in [-0.3, -0.25) is 9.59 Å². The maximum atomic E-state index is 12.1. The average molecular weight is 292 g/mol. The van der Waals surface area contributed by atoms with E-state index in [2.05, 4.69) is 13.8 Å². The van der Waals surface area contributed by atoms with Gasteiger partial charge in [0.1, 0.15) is 5.75 Å². The van der Waals surface area contributed by atoms with E-state index in [-0.39, 0.29) is 18.6 Å². The Hall–Kier alpha value is -1.84. The lowest BCUT2D eigenvalue weighted by Crippen LogP contribution is -2.08. The first-order valence-corrected chi connectivity index (χ1v) is 7.31. The van der Waals surface area contributed by atoms with Crippen LogP contribution in [0.1, 0.15) is 54.6 Å². The number of benzene rings is 1. The zero-order valence-corrected chi connectivity index (χ0v) is 13.2. The van der Waals surface area contributed by atoms with E-state index in [1.807, 2.05) is 19.9 Å². The molecule has 0 aliphatic rings. The van der Waals surface area contributed by atoms with Crippen molar-refractivity contribution < 1.29 is 19.4 Å². The molecule has 1 aromatic rings. The Morgan fingerprint density at radius 2 is 1.81 bits per heavy atom. The summed E-state index contributed by atoms with van der Waals surface area (Å²) in [4.78, 5) is 22.6. The van der Waals surface area contributed by atoms with Crippen LogP contribution in [0.5, 0.6) is 5.75 Å². The highest BCUT2D eigenvalue weighted by Gasteiger charge is 2.14. The van der Waals surface area contributed by atoms with Crippen LogP contribution in [0.15, 0.2) is 12.1 Å². The zero-order chi connectivity index (χ0) is 16.0. The molecular weight excluding hydrogens is 268 g/mol. The third-order valence-corrected chi connectivity index (χ3v) is 3.40. The van der Waals surface area contributed by atoms with Crippen molar-refractivity contribution in [2.45, 2.75) is 47.0 Å². The number of carboxylic acid groups (broad SMARTS) is 1. The standard InChI is InChI=1S/C17H24O4/c1-11(2)10-21-16-9-8-14(12(3)13(16)4)15(18)6-5-7-17(19)20/h8-9,11H,5-7,10H2,1-4H3,(H,19,20). The molecule has 0 aliphatic heterocycles. The lowest BCUT2D eigenvalue weighted by atomic mass is 9.96. The van der Waals surface area contributed by atoms with Gasteiger partial charge in [0.25, 0.3) is 0 Å². The summed E-state index contributed by atoms with van der Waals surface area (Å²) in [7, 11) is 0. The van der Waals surface area contributed by atoms with Crippen molar-refractivity contribution in [1.29, 1.82) is 0 Å². The monoisotopic (exact) mass is 292 g/mol. The van der Waals surface area contributed by atoms with E-state index in [0.29, 0.717) is 24.5 Å². The van der Waals surface area contributed by atoms with Crippen molar-refractivity contribution in [3.63, 3.8) is 0 Å². The molecule has 4 heteroatoms. The van der Waals surface area contributed by atoms with E-state index in [1.54, 1.807) is 6.07 Å². The SMILES string of the molecule is Cc1c(OCC(C)C)ccc(C(=O)CCCC(=O)O)c1C. The van der Waals surface area contributed by atoms with Crippen molar-refractivity contribution >= 4 is 11.8 Å². The summed E-state index contributed by atoms with van der Waals surface area (Å²) in [5.74, 6) is 0.380. The van der Waals surface area contributed by atoms with Crippen LogP contribution in [0.2, 0.25) is 0 Å². The molecule has 0 spiro atoms. The van der Waals surface area contributed by atoms with Crippen molar-refractivity contribution in [2.75, 3.05) is 6.61 Å². The fourth-order valence-electron chi connectivity index (χ4n) is 2.05. The number of ketones is 1. The topological polar surface area (TPSA) is 63.6 Å². The van der Waals surface area contributed by atoms with Crippen LogP contribution in [-0.2, 0) is 4.79 Å². The first-order valence-electron chi connectivity index (χ1n) is 7.31. The summed E-state index contributed by atoms with van der Waals surface area (Å²) in [5, 5.41) is 8.61. The molecule has 1 aromatic carbocycles. The lowest BCUT2D eigenvalue weighted by Gasteiger charge is -2.15. The summed E-state index contributed by atoms with van der Waals surface area (Å²) in [6.45, 7) is 8.66. The van der Waals surface area contributed by atoms with Crippen LogP contribution in [0, 0.1) is 19.8 Å². The number of rotatable bonds is 8. The van der Waals surface area contributed by atoms with Crippen molar-refractivity contribution in [2.24, 2.45) is 5.92 Å². The average Bonchev–Trinajstić information content (AvgIpc) is 2.39. The maximum absolute atomic E-state index is 12.1. The summed E-state index contributed by atoms with van der Waals surface area (Å²) in [6, 6.07) is 3.61. The number of hydrogen-bond acceptors (Lipinski definition) is 3. The number of carboxylic acids is 1. The van der Waals surface area contributed by atoms with E-state index in [0.717, 1.165) is 16.9 Å². The zero-order valence-electron chi connectivity index (χ0n) is 13.2. The molecule has 0 aliphatic carbocycles. The van der Waals surface area contributed by atoms with Crippen molar-refractivity contribution in [1.82, 2.24) is 0 Å². The number of aliphatic carboxylic acids is 1. The normalized spacial score (nSPS) is 10.7. The number of carbonyl (C=O) groups excluding carboxylic acids is 1. The highest BCUT2D eigenvalue weighted by molar-refractivity contribution is 5.98. The molecule has 0 bridgehead atoms. The number of Topliss-reactive ketones (excluding diaryl/α,β-unsaturated/α-hetero) is 1. The maximum Gasteiger partial charge on any atom is 0.303 e. The van der Waals surface area contributed by atoms with Gasteiger partial charge in [-0.05, 0) is 49.4 Å². The van der Waals surface area contributed by atoms with Crippen molar-refractivity contribution in [3.05, 3.63) is 28.8 Å². The van der Waals surface area contributed by atoms with Crippen LogP contribution in [0.25, 0.3) is 0 Å². The molecule has 0 radical (unpaired) electrons. The Labute approximate surface area is 126 Å². The third-order valence-electron chi connectivity index (χ3n) is 3.40. The molecule has 21 heavy (non-hydrogen) atoms.